The zero-order valence-corrected chi connectivity index (χ0v) is 16.0. The molecule has 1 saturated heterocycles. The van der Waals surface area contributed by atoms with E-state index in [1.807, 2.05) is 31.0 Å². The van der Waals surface area contributed by atoms with Gasteiger partial charge in [-0.2, -0.15) is 0 Å². The second-order valence-electron chi connectivity index (χ2n) is 7.30. The number of hydrogen-bond donors (Lipinski definition) is 0. The van der Waals surface area contributed by atoms with Crippen molar-refractivity contribution in [2.75, 3.05) is 38.1 Å². The molecule has 2 heterocycles. The van der Waals surface area contributed by atoms with Gasteiger partial charge >= 0.3 is 0 Å². The molecule has 0 spiro atoms. The average Bonchev–Trinajstić information content (AvgIpc) is 2.94. The molecular formula is C22H22FN3O2. The molecule has 2 amide bonds. The van der Waals surface area contributed by atoms with Crippen molar-refractivity contribution >= 4 is 23.1 Å². The molecule has 0 radical (unpaired) electrons. The number of likely N-dealkylation sites (N-methyl/N-ethyl adjacent to an activating group) is 1. The highest BCUT2D eigenvalue weighted by Gasteiger charge is 2.42. The van der Waals surface area contributed by atoms with Crippen LogP contribution >= 0.6 is 0 Å². The molecule has 6 heteroatoms. The number of carbonyl (C=O) groups is 2. The summed E-state index contributed by atoms with van der Waals surface area (Å²) in [5, 5.41) is 0. The van der Waals surface area contributed by atoms with Crippen molar-refractivity contribution in [3.05, 3.63) is 71.2 Å². The number of amides is 2. The van der Waals surface area contributed by atoms with Gasteiger partial charge in [0.1, 0.15) is 11.5 Å². The maximum atomic E-state index is 13.4. The summed E-state index contributed by atoms with van der Waals surface area (Å²) < 4.78 is 13.4. The summed E-state index contributed by atoms with van der Waals surface area (Å²) in [6.07, 6.45) is 0. The fraction of sp³-hybridized carbons (Fsp3) is 0.273. The Morgan fingerprint density at radius 1 is 0.821 bits per heavy atom. The first-order chi connectivity index (χ1) is 13.5. The van der Waals surface area contributed by atoms with Gasteiger partial charge < -0.3 is 9.80 Å². The maximum absolute atomic E-state index is 13.4. The topological polar surface area (TPSA) is 43.9 Å². The van der Waals surface area contributed by atoms with Crippen molar-refractivity contribution in [3.8, 4) is 0 Å². The Balaban J connectivity index is 1.79. The average molecular weight is 379 g/mol. The number of carbonyl (C=O) groups excluding carboxylic acids is 2. The van der Waals surface area contributed by atoms with Crippen LogP contribution < -0.4 is 4.90 Å². The first kappa shape index (κ1) is 18.4. The predicted molar refractivity (Wildman–Crippen MR) is 106 cm³/mol. The Hall–Kier alpha value is -2.99. The lowest BCUT2D eigenvalue weighted by Crippen LogP contribution is -2.46. The summed E-state index contributed by atoms with van der Waals surface area (Å²) in [6, 6.07) is 13.1. The standard InChI is InChI=1S/C22H22FN3O2/c1-15-3-9-18(10-4-15)26-21(27)19(16-5-7-17(23)8-6-16)20(22(26)28)25-13-11-24(2)12-14-25/h3-10H,11-14H2,1-2H3. The van der Waals surface area contributed by atoms with Gasteiger partial charge in [0, 0.05) is 26.2 Å². The van der Waals surface area contributed by atoms with Crippen LogP contribution in [0, 0.1) is 12.7 Å². The summed E-state index contributed by atoms with van der Waals surface area (Å²) >= 11 is 0. The third-order valence-corrected chi connectivity index (χ3v) is 5.30. The Bertz CT molecular complexity index is 943. The second kappa shape index (κ2) is 7.20. The Morgan fingerprint density at radius 2 is 1.43 bits per heavy atom. The Morgan fingerprint density at radius 3 is 2.04 bits per heavy atom. The van der Waals surface area contributed by atoms with E-state index in [4.69, 9.17) is 0 Å². The second-order valence-corrected chi connectivity index (χ2v) is 7.30. The number of piperazine rings is 1. The van der Waals surface area contributed by atoms with Gasteiger partial charge in [0.2, 0.25) is 0 Å². The number of halogens is 1. The quantitative estimate of drug-likeness (QED) is 0.769. The van der Waals surface area contributed by atoms with E-state index in [9.17, 15) is 14.0 Å². The molecule has 1 fully saturated rings. The maximum Gasteiger partial charge on any atom is 0.282 e. The molecule has 144 valence electrons. The number of aryl methyl sites for hydroxylation is 1. The molecule has 2 aromatic carbocycles. The van der Waals surface area contributed by atoms with E-state index in [2.05, 4.69) is 4.90 Å². The van der Waals surface area contributed by atoms with Crippen LogP contribution in [0.4, 0.5) is 10.1 Å². The van der Waals surface area contributed by atoms with Crippen LogP contribution in [0.15, 0.2) is 54.2 Å². The molecule has 4 rings (SSSR count). The van der Waals surface area contributed by atoms with Gasteiger partial charge in [-0.15, -0.1) is 0 Å². The first-order valence-electron chi connectivity index (χ1n) is 9.35. The lowest BCUT2D eigenvalue weighted by atomic mass is 10.0. The van der Waals surface area contributed by atoms with Crippen LogP contribution in [0.25, 0.3) is 5.57 Å². The third kappa shape index (κ3) is 3.20. The Kier molecular flexibility index (Phi) is 4.73. The molecule has 2 aliphatic rings. The van der Waals surface area contributed by atoms with E-state index in [1.165, 1.54) is 17.0 Å². The number of nitrogens with zero attached hydrogens (tertiary/aromatic N) is 3. The zero-order chi connectivity index (χ0) is 19.8. The molecule has 0 atom stereocenters. The zero-order valence-electron chi connectivity index (χ0n) is 16.0. The van der Waals surface area contributed by atoms with Crippen molar-refractivity contribution < 1.29 is 14.0 Å². The van der Waals surface area contributed by atoms with Crippen molar-refractivity contribution in [3.63, 3.8) is 0 Å². The monoisotopic (exact) mass is 379 g/mol. The first-order valence-corrected chi connectivity index (χ1v) is 9.35. The summed E-state index contributed by atoms with van der Waals surface area (Å²) in [5.41, 5.74) is 2.90. The molecule has 0 unspecified atom stereocenters. The number of benzene rings is 2. The molecule has 0 aliphatic carbocycles. The van der Waals surface area contributed by atoms with Crippen LogP contribution in [0.5, 0.6) is 0 Å². The molecule has 0 bridgehead atoms. The molecular weight excluding hydrogens is 357 g/mol. The fourth-order valence-electron chi connectivity index (χ4n) is 3.65. The van der Waals surface area contributed by atoms with Gasteiger partial charge in [-0.05, 0) is 43.8 Å². The highest BCUT2D eigenvalue weighted by atomic mass is 19.1. The fourth-order valence-corrected chi connectivity index (χ4v) is 3.65. The molecule has 5 nitrogen and oxygen atoms in total. The lowest BCUT2D eigenvalue weighted by Gasteiger charge is -2.34. The minimum absolute atomic E-state index is 0.322. The largest absolute Gasteiger partial charge is 0.364 e. The van der Waals surface area contributed by atoms with Crippen molar-refractivity contribution in [1.29, 1.82) is 0 Å². The van der Waals surface area contributed by atoms with E-state index in [0.29, 0.717) is 35.6 Å². The van der Waals surface area contributed by atoms with E-state index < -0.39 is 0 Å². The number of rotatable bonds is 3. The summed E-state index contributed by atoms with van der Waals surface area (Å²) in [4.78, 5) is 32.1. The van der Waals surface area contributed by atoms with Gasteiger partial charge in [-0.1, -0.05) is 29.8 Å². The van der Waals surface area contributed by atoms with E-state index in [-0.39, 0.29) is 17.6 Å². The van der Waals surface area contributed by atoms with Crippen molar-refractivity contribution in [1.82, 2.24) is 9.80 Å². The number of hydrogen-bond acceptors (Lipinski definition) is 4. The highest BCUT2D eigenvalue weighted by molar-refractivity contribution is 6.45. The van der Waals surface area contributed by atoms with E-state index >= 15 is 0 Å². The Labute approximate surface area is 163 Å². The normalized spacial score (nSPS) is 18.4. The number of imide groups is 1. The van der Waals surface area contributed by atoms with Crippen molar-refractivity contribution in [2.24, 2.45) is 0 Å². The molecule has 0 saturated carbocycles. The van der Waals surface area contributed by atoms with E-state index in [0.717, 1.165) is 18.7 Å². The third-order valence-electron chi connectivity index (χ3n) is 5.30. The highest BCUT2D eigenvalue weighted by Crippen LogP contribution is 2.35. The van der Waals surface area contributed by atoms with Crippen LogP contribution in [-0.2, 0) is 9.59 Å². The van der Waals surface area contributed by atoms with Gasteiger partial charge in [0.15, 0.2) is 0 Å². The minimum atomic E-state index is -0.377. The van der Waals surface area contributed by atoms with Crippen LogP contribution in [0.1, 0.15) is 11.1 Å². The molecule has 0 N–H and O–H groups in total. The summed E-state index contributed by atoms with van der Waals surface area (Å²) in [6.45, 7) is 4.90. The molecule has 28 heavy (non-hydrogen) atoms. The van der Waals surface area contributed by atoms with Gasteiger partial charge in [-0.3, -0.25) is 9.59 Å². The van der Waals surface area contributed by atoms with Crippen LogP contribution in [0.2, 0.25) is 0 Å². The van der Waals surface area contributed by atoms with Crippen molar-refractivity contribution in [2.45, 2.75) is 6.92 Å². The van der Waals surface area contributed by atoms with E-state index in [1.54, 1.807) is 24.3 Å². The summed E-state index contributed by atoms with van der Waals surface area (Å²) in [5.74, 6) is -1.07. The lowest BCUT2D eigenvalue weighted by molar-refractivity contribution is -0.120. The smallest absolute Gasteiger partial charge is 0.282 e. The van der Waals surface area contributed by atoms with Gasteiger partial charge in [0.25, 0.3) is 11.8 Å². The van der Waals surface area contributed by atoms with Crippen LogP contribution in [-0.4, -0.2) is 54.8 Å². The minimum Gasteiger partial charge on any atom is -0.364 e. The predicted octanol–water partition coefficient (Wildman–Crippen LogP) is 2.67. The molecule has 0 aromatic heterocycles. The van der Waals surface area contributed by atoms with Crippen LogP contribution in [0.3, 0.4) is 0 Å². The number of anilines is 1. The summed E-state index contributed by atoms with van der Waals surface area (Å²) in [7, 11) is 2.03. The van der Waals surface area contributed by atoms with Gasteiger partial charge in [0.05, 0.1) is 11.3 Å². The molecule has 2 aliphatic heterocycles. The van der Waals surface area contributed by atoms with Gasteiger partial charge in [-0.25, -0.2) is 9.29 Å². The molecule has 2 aromatic rings. The SMILES string of the molecule is Cc1ccc(N2C(=O)C(c3ccc(F)cc3)=C(N3CCN(C)CC3)C2=O)cc1.